The molecule has 0 saturated carbocycles. The van der Waals surface area contributed by atoms with E-state index in [9.17, 15) is 9.90 Å². The molecule has 2 saturated heterocycles. The topological polar surface area (TPSA) is 168 Å². The van der Waals surface area contributed by atoms with Crippen LogP contribution in [0, 0.1) is 6.92 Å². The van der Waals surface area contributed by atoms with Gasteiger partial charge < -0.3 is 25.6 Å². The number of aldehydes is 1. The third-order valence-electron chi connectivity index (χ3n) is 9.24. The van der Waals surface area contributed by atoms with Crippen LogP contribution in [-0.2, 0) is 17.6 Å². The predicted octanol–water partition coefficient (Wildman–Crippen LogP) is 8.69. The Morgan fingerprint density at radius 3 is 1.68 bits per heavy atom. The molecule has 0 amide bonds. The van der Waals surface area contributed by atoms with Crippen molar-refractivity contribution in [1.82, 2.24) is 40.5 Å². The molecule has 3 aromatic heterocycles. The summed E-state index contributed by atoms with van der Waals surface area (Å²) in [4.78, 5) is 34.0. The summed E-state index contributed by atoms with van der Waals surface area (Å²) in [5.74, 6) is 0. The number of nitrogens with zero attached hydrogens (tertiary/aromatic N) is 6. The quantitative estimate of drug-likeness (QED) is 0.102. The zero-order valence-corrected chi connectivity index (χ0v) is 38.8. The number of aliphatic hydroxyl groups is 2. The van der Waals surface area contributed by atoms with E-state index in [2.05, 4.69) is 70.9 Å². The van der Waals surface area contributed by atoms with Gasteiger partial charge in [0.1, 0.15) is 6.29 Å². The number of hydrogen-bond donors (Lipinski definition) is 4. The molecule has 4 aromatic carbocycles. The summed E-state index contributed by atoms with van der Waals surface area (Å²) < 4.78 is 4.94. The molecule has 2 unspecified atom stereocenters. The van der Waals surface area contributed by atoms with E-state index in [0.717, 1.165) is 80.0 Å². The van der Waals surface area contributed by atoms with Gasteiger partial charge in [-0.2, -0.15) is 0 Å². The summed E-state index contributed by atoms with van der Waals surface area (Å²) in [5.41, 5.74) is 6.88. The maximum absolute atomic E-state index is 10.0. The number of halogens is 1. The van der Waals surface area contributed by atoms with Crippen molar-refractivity contribution in [1.29, 1.82) is 0 Å². The molecule has 4 N–H and O–H groups in total. The molecule has 12 nitrogen and oxygen atoms in total. The van der Waals surface area contributed by atoms with Gasteiger partial charge in [0.05, 0.1) is 29.4 Å². The molecule has 0 aliphatic carbocycles. The Balaban J connectivity index is 0.000000278. The summed E-state index contributed by atoms with van der Waals surface area (Å²) in [5, 5.41) is 23.8. The van der Waals surface area contributed by atoms with E-state index in [1.807, 2.05) is 97.9 Å². The molecule has 2 atom stereocenters. The fraction of sp³-hybridized carbons (Fsp3) is 0.264. The normalized spacial score (nSPS) is 13.6. The number of carbonyl (C=O) groups is 1. The number of aliphatic hydroxyl groups excluding tert-OH is 2. The molecule has 0 bridgehead atoms. The lowest BCUT2D eigenvalue weighted by atomic mass is 10.0. The Bertz CT molecular complexity index is 2110. The summed E-state index contributed by atoms with van der Waals surface area (Å²) >= 11 is 0. The Kier molecular flexibility index (Phi) is 32.1. The van der Waals surface area contributed by atoms with Crippen LogP contribution in [0.15, 0.2) is 177 Å². The first-order valence-corrected chi connectivity index (χ1v) is 21.8. The molecule has 0 spiro atoms. The van der Waals surface area contributed by atoms with Crippen LogP contribution in [0.25, 0.3) is 12.2 Å². The Morgan fingerprint density at radius 2 is 1.23 bits per heavy atom. The van der Waals surface area contributed by atoms with Gasteiger partial charge in [-0.15, -0.1) is 12.4 Å². The third kappa shape index (κ3) is 27.1. The van der Waals surface area contributed by atoms with E-state index in [1.54, 1.807) is 67.9 Å². The molecule has 2 fully saturated rings. The Labute approximate surface area is 397 Å². The summed E-state index contributed by atoms with van der Waals surface area (Å²) in [7, 11) is 1.00. The van der Waals surface area contributed by atoms with Crippen LogP contribution in [0.3, 0.4) is 0 Å². The van der Waals surface area contributed by atoms with Gasteiger partial charge in [-0.3, -0.25) is 34.7 Å². The van der Waals surface area contributed by atoms with E-state index in [-0.39, 0.29) is 12.4 Å². The van der Waals surface area contributed by atoms with Crippen LogP contribution < -0.4 is 10.6 Å². The van der Waals surface area contributed by atoms with E-state index in [0.29, 0.717) is 12.5 Å². The van der Waals surface area contributed by atoms with Crippen molar-refractivity contribution in [3.63, 3.8) is 0 Å². The number of ether oxygens (including phenoxy) is 1. The van der Waals surface area contributed by atoms with E-state index in [4.69, 9.17) is 9.84 Å². The minimum absolute atomic E-state index is 0. The Hall–Kier alpha value is -6.38. The van der Waals surface area contributed by atoms with Gasteiger partial charge in [0.15, 0.2) is 0 Å². The van der Waals surface area contributed by atoms with Crippen molar-refractivity contribution in [3.05, 3.63) is 216 Å². The molecule has 348 valence electrons. The first kappa shape index (κ1) is 55.8. The van der Waals surface area contributed by atoms with Gasteiger partial charge >= 0.3 is 0 Å². The molecule has 13 heteroatoms. The van der Waals surface area contributed by atoms with Gasteiger partial charge in [-0.25, -0.2) is 0 Å². The lowest BCUT2D eigenvalue weighted by Gasteiger charge is -2.24. The van der Waals surface area contributed by atoms with Crippen LogP contribution in [-0.4, -0.2) is 92.4 Å². The molecule has 9 rings (SSSR count). The second-order valence-corrected chi connectivity index (χ2v) is 14.3. The van der Waals surface area contributed by atoms with E-state index in [1.165, 1.54) is 31.2 Å². The minimum atomic E-state index is -0.511. The molecule has 2 aliphatic heterocycles. The van der Waals surface area contributed by atoms with Crippen LogP contribution in [0.1, 0.15) is 69.5 Å². The summed E-state index contributed by atoms with van der Waals surface area (Å²) in [6, 6.07) is 40.1. The number of aromatic nitrogens is 6. The zero-order valence-electron chi connectivity index (χ0n) is 38.0. The van der Waals surface area contributed by atoms with Crippen molar-refractivity contribution < 1.29 is 19.7 Å². The second-order valence-electron chi connectivity index (χ2n) is 14.3. The van der Waals surface area contributed by atoms with Crippen LogP contribution in [0.2, 0.25) is 0 Å². The maximum Gasteiger partial charge on any atom is 0.150 e. The Morgan fingerprint density at radius 1 is 0.667 bits per heavy atom. The smallest absolute Gasteiger partial charge is 0.150 e. The average Bonchev–Trinajstić information content (AvgIpc) is 4.00. The molecule has 7 aromatic rings. The fourth-order valence-corrected chi connectivity index (χ4v) is 5.89. The molecular weight excluding hydrogens is 848 g/mol. The van der Waals surface area contributed by atoms with E-state index < -0.39 is 6.10 Å². The van der Waals surface area contributed by atoms with Crippen LogP contribution >= 0.6 is 12.4 Å². The number of benzene rings is 4. The minimum Gasteiger partial charge on any atom is -0.400 e. The lowest BCUT2D eigenvalue weighted by Crippen LogP contribution is -2.48. The highest BCUT2D eigenvalue weighted by Gasteiger charge is 2.11. The van der Waals surface area contributed by atoms with Gasteiger partial charge in [0.2, 0.25) is 0 Å². The number of piperazine rings is 1. The van der Waals surface area contributed by atoms with Gasteiger partial charge in [0, 0.05) is 108 Å². The van der Waals surface area contributed by atoms with Crippen molar-refractivity contribution in [2.75, 3.05) is 40.0 Å². The number of rotatable bonds is 9. The van der Waals surface area contributed by atoms with Crippen molar-refractivity contribution in [2.45, 2.75) is 51.2 Å². The highest BCUT2D eigenvalue weighted by molar-refractivity contribution is 5.85. The molecule has 2 aliphatic rings. The third-order valence-corrected chi connectivity index (χ3v) is 9.24. The summed E-state index contributed by atoms with van der Waals surface area (Å²) in [6.07, 6.45) is 24.8. The fourth-order valence-electron chi connectivity index (χ4n) is 5.89. The zero-order chi connectivity index (χ0) is 46.3. The number of aryl methyl sites for hydroxylation is 2. The number of nitrogens with one attached hydrogen (secondary N) is 2. The standard InChI is InChI=1S/C12H12N2O.C12H18N2.C12H10N2.C7H6O.C5H6N2.C4H8O.CH4O.ClH/c15-12(10-4-2-1-3-5-10)8-11-9-13-6-7-14-11;2*1-2-4-11(5-3-1)6-7-12-10-13-8-9-14-12;8-6-7-4-2-1-3-5-7;1-5-4-6-2-3-7-5;1-2-4-5-3-1;1-2;/h1-7,9,12,15H,8H2;1-5,12-14H,6-10H2;1-10H;1-6H;2-4H,1H3;1-4H2;2H,1H3;1H/b;;7-6+;;;;;. The molecule has 66 heavy (non-hydrogen) atoms. The first-order valence-electron chi connectivity index (χ1n) is 21.8. The second kappa shape index (κ2) is 37.9. The molecule has 5 heterocycles. The van der Waals surface area contributed by atoms with Crippen LogP contribution in [0.5, 0.6) is 0 Å². The highest BCUT2D eigenvalue weighted by atomic mass is 35.5. The monoisotopic (exact) mass is 912 g/mol. The van der Waals surface area contributed by atoms with Crippen LogP contribution in [0.4, 0.5) is 0 Å². The predicted molar refractivity (Wildman–Crippen MR) is 268 cm³/mol. The summed E-state index contributed by atoms with van der Waals surface area (Å²) in [6.45, 7) is 7.25. The van der Waals surface area contributed by atoms with Gasteiger partial charge in [-0.05, 0) is 55.4 Å². The molecular formula is C53H65ClN8O4. The molecule has 0 radical (unpaired) electrons. The number of hydrogen-bond acceptors (Lipinski definition) is 12. The SMILES string of the molecule is C(=C\c1cnccn1)/c1ccccc1.C1CCOC1.CO.Cc1cnccn1.Cl.O=Cc1ccccc1.OC(Cc1cnccn1)c1ccccc1.c1ccc(CCC2CNCCN2)cc1. The highest BCUT2D eigenvalue weighted by Crippen LogP contribution is 2.16. The average molecular weight is 914 g/mol. The maximum atomic E-state index is 10.0. The number of carbonyl (C=O) groups excluding carboxylic acids is 1. The van der Waals surface area contributed by atoms with Crippen molar-refractivity contribution in [2.24, 2.45) is 0 Å². The van der Waals surface area contributed by atoms with Crippen molar-refractivity contribution in [3.8, 4) is 0 Å². The van der Waals surface area contributed by atoms with Gasteiger partial charge in [-0.1, -0.05) is 127 Å². The van der Waals surface area contributed by atoms with Crippen molar-refractivity contribution >= 4 is 30.8 Å². The largest absolute Gasteiger partial charge is 0.400 e. The lowest BCUT2D eigenvalue weighted by molar-refractivity contribution is 0.112. The first-order chi connectivity index (χ1) is 32.1. The van der Waals surface area contributed by atoms with E-state index >= 15 is 0 Å². The van der Waals surface area contributed by atoms with Gasteiger partial charge in [0.25, 0.3) is 0 Å².